The predicted molar refractivity (Wildman–Crippen MR) is 129 cm³/mol. The van der Waals surface area contributed by atoms with Gasteiger partial charge in [-0.1, -0.05) is 12.8 Å². The topological polar surface area (TPSA) is 107 Å². The molecule has 3 aliphatic rings. The molecule has 3 fully saturated rings. The Bertz CT molecular complexity index is 979. The first kappa shape index (κ1) is 24.9. The number of nitro groups is 1. The number of anilines is 1. The van der Waals surface area contributed by atoms with Crippen LogP contribution in [-0.2, 0) is 14.8 Å². The number of benzene rings is 1. The first-order chi connectivity index (χ1) is 16.4. The lowest BCUT2D eigenvalue weighted by Crippen LogP contribution is -2.50. The zero-order valence-corrected chi connectivity index (χ0v) is 20.5. The van der Waals surface area contributed by atoms with Crippen LogP contribution in [0.2, 0.25) is 0 Å². The smallest absolute Gasteiger partial charge is 0.293 e. The van der Waals surface area contributed by atoms with Crippen molar-refractivity contribution in [3.05, 3.63) is 28.3 Å². The molecule has 3 saturated heterocycles. The highest BCUT2D eigenvalue weighted by Gasteiger charge is 2.30. The second kappa shape index (κ2) is 11.0. The molecule has 1 aromatic rings. The Morgan fingerprint density at radius 1 is 0.853 bits per heavy atom. The van der Waals surface area contributed by atoms with E-state index in [9.17, 15) is 23.3 Å². The molecule has 0 aliphatic carbocycles. The first-order valence-electron chi connectivity index (χ1n) is 12.4. The largest absolute Gasteiger partial charge is 0.363 e. The second-order valence-electron chi connectivity index (χ2n) is 9.43. The maximum absolute atomic E-state index is 13.1. The minimum Gasteiger partial charge on any atom is -0.363 e. The normalized spacial score (nSPS) is 21.3. The Morgan fingerprint density at radius 3 is 2.06 bits per heavy atom. The number of nitrogens with zero attached hydrogens (tertiary/aromatic N) is 5. The SMILES string of the molecule is O=C(CN1CCN(c2ccc(S(=O)(=O)N3CCCCCC3)cc2[N+](=O)[O-])CC1)N1CCCCC1. The summed E-state index contributed by atoms with van der Waals surface area (Å²) in [6, 6.07) is 4.27. The van der Waals surface area contributed by atoms with Gasteiger partial charge in [0.05, 0.1) is 16.4 Å². The van der Waals surface area contributed by atoms with Crippen LogP contribution in [0.4, 0.5) is 11.4 Å². The summed E-state index contributed by atoms with van der Waals surface area (Å²) < 4.78 is 27.7. The maximum atomic E-state index is 13.1. The molecule has 1 aromatic carbocycles. The van der Waals surface area contributed by atoms with Crippen LogP contribution in [0.3, 0.4) is 0 Å². The number of piperazine rings is 1. The zero-order valence-electron chi connectivity index (χ0n) is 19.7. The first-order valence-corrected chi connectivity index (χ1v) is 13.8. The molecule has 4 rings (SSSR count). The maximum Gasteiger partial charge on any atom is 0.293 e. The molecule has 3 heterocycles. The van der Waals surface area contributed by atoms with Crippen molar-refractivity contribution in [3.63, 3.8) is 0 Å². The number of piperidine rings is 1. The molecule has 0 bridgehead atoms. The van der Waals surface area contributed by atoms with Gasteiger partial charge >= 0.3 is 0 Å². The fourth-order valence-corrected chi connectivity index (χ4v) is 6.63. The van der Waals surface area contributed by atoms with E-state index in [0.717, 1.165) is 51.6 Å². The third-order valence-electron chi connectivity index (χ3n) is 7.13. The molecular formula is C23H35N5O5S. The van der Waals surface area contributed by atoms with Gasteiger partial charge in [0, 0.05) is 58.4 Å². The monoisotopic (exact) mass is 493 g/mol. The van der Waals surface area contributed by atoms with Gasteiger partial charge in [0.1, 0.15) is 5.69 Å². The van der Waals surface area contributed by atoms with Crippen molar-refractivity contribution < 1.29 is 18.1 Å². The molecule has 34 heavy (non-hydrogen) atoms. The fourth-order valence-electron chi connectivity index (χ4n) is 5.09. The van der Waals surface area contributed by atoms with Gasteiger partial charge in [0.25, 0.3) is 5.69 Å². The number of nitro benzene ring substituents is 1. The third kappa shape index (κ3) is 5.69. The number of hydrogen-bond donors (Lipinski definition) is 0. The van der Waals surface area contributed by atoms with Crippen LogP contribution < -0.4 is 4.90 Å². The summed E-state index contributed by atoms with van der Waals surface area (Å²) in [5.74, 6) is 0.155. The van der Waals surface area contributed by atoms with Crippen molar-refractivity contribution in [2.45, 2.75) is 49.8 Å². The number of sulfonamides is 1. The highest BCUT2D eigenvalue weighted by molar-refractivity contribution is 7.89. The number of carbonyl (C=O) groups is 1. The molecule has 0 spiro atoms. The summed E-state index contributed by atoms with van der Waals surface area (Å²) in [6.45, 7) is 5.30. The highest BCUT2D eigenvalue weighted by atomic mass is 32.2. The van der Waals surface area contributed by atoms with Crippen LogP contribution in [0.25, 0.3) is 0 Å². The van der Waals surface area contributed by atoms with E-state index in [-0.39, 0.29) is 16.5 Å². The van der Waals surface area contributed by atoms with Gasteiger partial charge in [-0.25, -0.2) is 8.42 Å². The van der Waals surface area contributed by atoms with Crippen LogP contribution in [0.15, 0.2) is 23.1 Å². The summed E-state index contributed by atoms with van der Waals surface area (Å²) in [6.07, 6.45) is 6.92. The van der Waals surface area contributed by atoms with E-state index in [0.29, 0.717) is 51.5 Å². The van der Waals surface area contributed by atoms with Gasteiger partial charge in [0.15, 0.2) is 0 Å². The van der Waals surface area contributed by atoms with Gasteiger partial charge in [-0.2, -0.15) is 4.31 Å². The average Bonchev–Trinajstić information content (AvgIpc) is 3.15. The Balaban J connectivity index is 1.43. The van der Waals surface area contributed by atoms with Gasteiger partial charge in [-0.05, 0) is 44.2 Å². The average molecular weight is 494 g/mol. The van der Waals surface area contributed by atoms with Crippen LogP contribution >= 0.6 is 0 Å². The Labute approximate surface area is 201 Å². The van der Waals surface area contributed by atoms with E-state index >= 15 is 0 Å². The summed E-state index contributed by atoms with van der Waals surface area (Å²) in [5.41, 5.74) is 0.246. The fraction of sp³-hybridized carbons (Fsp3) is 0.696. The molecule has 10 nitrogen and oxygen atoms in total. The lowest BCUT2D eigenvalue weighted by Gasteiger charge is -2.37. The van der Waals surface area contributed by atoms with Crippen molar-refractivity contribution in [2.75, 3.05) is 63.8 Å². The Morgan fingerprint density at radius 2 is 1.44 bits per heavy atom. The molecule has 0 aromatic heterocycles. The van der Waals surface area contributed by atoms with Gasteiger partial charge in [-0.3, -0.25) is 19.8 Å². The van der Waals surface area contributed by atoms with E-state index in [4.69, 9.17) is 0 Å². The van der Waals surface area contributed by atoms with Crippen molar-refractivity contribution in [3.8, 4) is 0 Å². The van der Waals surface area contributed by atoms with Crippen molar-refractivity contribution in [1.29, 1.82) is 0 Å². The summed E-state index contributed by atoms with van der Waals surface area (Å²) in [5, 5.41) is 11.9. The second-order valence-corrected chi connectivity index (χ2v) is 11.4. The van der Waals surface area contributed by atoms with Gasteiger partial charge in [0.2, 0.25) is 15.9 Å². The molecule has 11 heteroatoms. The van der Waals surface area contributed by atoms with E-state index in [1.807, 2.05) is 9.80 Å². The number of rotatable bonds is 6. The lowest BCUT2D eigenvalue weighted by molar-refractivity contribution is -0.384. The van der Waals surface area contributed by atoms with Crippen molar-refractivity contribution >= 4 is 27.3 Å². The number of likely N-dealkylation sites (tertiary alicyclic amines) is 1. The number of carbonyl (C=O) groups excluding carboxylic acids is 1. The van der Waals surface area contributed by atoms with Crippen molar-refractivity contribution in [1.82, 2.24) is 14.1 Å². The van der Waals surface area contributed by atoms with Crippen LogP contribution in [0.5, 0.6) is 0 Å². The minimum atomic E-state index is -3.76. The summed E-state index contributed by atoms with van der Waals surface area (Å²) in [4.78, 5) is 29.9. The van der Waals surface area contributed by atoms with Gasteiger partial charge in [-0.15, -0.1) is 0 Å². The van der Waals surface area contributed by atoms with Crippen LogP contribution in [0, 0.1) is 10.1 Å². The molecule has 188 valence electrons. The predicted octanol–water partition coefficient (Wildman–Crippen LogP) is 2.29. The van der Waals surface area contributed by atoms with Crippen molar-refractivity contribution in [2.24, 2.45) is 0 Å². The molecule has 0 saturated carbocycles. The van der Waals surface area contributed by atoms with Gasteiger partial charge < -0.3 is 9.80 Å². The standard InChI is InChI=1S/C23H35N5O5S/c29-23(26-10-4-3-5-11-26)19-24-14-16-25(17-15-24)21-9-8-20(18-22(21)28(30)31)34(32,33)27-12-6-1-2-7-13-27/h8-9,18H,1-7,10-17,19H2. The molecule has 3 aliphatic heterocycles. The highest BCUT2D eigenvalue weighted by Crippen LogP contribution is 2.33. The molecule has 0 N–H and O–H groups in total. The van der Waals surface area contributed by atoms with E-state index < -0.39 is 14.9 Å². The Hall–Kier alpha value is -2.24. The number of hydrogen-bond acceptors (Lipinski definition) is 7. The van der Waals surface area contributed by atoms with Crippen LogP contribution in [0.1, 0.15) is 44.9 Å². The van der Waals surface area contributed by atoms with E-state index in [2.05, 4.69) is 4.90 Å². The minimum absolute atomic E-state index is 0.0179. The third-order valence-corrected chi connectivity index (χ3v) is 9.02. The molecule has 0 unspecified atom stereocenters. The Kier molecular flexibility index (Phi) is 8.05. The number of amides is 1. The zero-order chi connectivity index (χ0) is 24.1. The lowest BCUT2D eigenvalue weighted by atomic mass is 10.1. The molecule has 0 atom stereocenters. The van der Waals surface area contributed by atoms with Crippen LogP contribution in [-0.4, -0.2) is 92.3 Å². The summed E-state index contributed by atoms with van der Waals surface area (Å²) in [7, 11) is -3.76. The molecule has 1 amide bonds. The van der Waals surface area contributed by atoms with E-state index in [1.165, 1.54) is 22.9 Å². The molecular weight excluding hydrogens is 458 g/mol. The quantitative estimate of drug-likeness (QED) is 0.442. The summed E-state index contributed by atoms with van der Waals surface area (Å²) >= 11 is 0. The molecule has 0 radical (unpaired) electrons. The van der Waals surface area contributed by atoms with E-state index in [1.54, 1.807) is 6.07 Å².